The fraction of sp³-hybridized carbons (Fsp3) is 0.750. The van der Waals surface area contributed by atoms with Crippen molar-refractivity contribution in [2.75, 3.05) is 5.33 Å². The molecule has 0 aliphatic heterocycles. The van der Waals surface area contributed by atoms with Crippen LogP contribution < -0.4 is 0 Å². The zero-order valence-electron chi connectivity index (χ0n) is 14.1. The molecule has 126 valence electrons. The van der Waals surface area contributed by atoms with Crippen molar-refractivity contribution in [2.45, 2.75) is 58.5 Å². The first-order valence-electron chi connectivity index (χ1n) is 9.14. The van der Waals surface area contributed by atoms with E-state index in [4.69, 9.17) is 0 Å². The van der Waals surface area contributed by atoms with Crippen molar-refractivity contribution >= 4 is 21.7 Å². The van der Waals surface area contributed by atoms with E-state index < -0.39 is 0 Å². The van der Waals surface area contributed by atoms with Gasteiger partial charge in [0.25, 0.3) is 0 Å². The second kappa shape index (κ2) is 5.56. The van der Waals surface area contributed by atoms with Gasteiger partial charge in [0.05, 0.1) is 6.10 Å². The van der Waals surface area contributed by atoms with E-state index in [1.807, 2.05) is 6.08 Å². The standard InChI is InChI=1S/C20H27BrO2/c1-11-15-5-6-20(2)18(8-13(10-21)19(20)23)17(15)7-12-3-4-14(22)9-16(11)12/h9,12-13,17-19,23H,3-8,10H2,1-2H3. The monoisotopic (exact) mass is 378 g/mol. The van der Waals surface area contributed by atoms with E-state index >= 15 is 0 Å². The van der Waals surface area contributed by atoms with Crippen molar-refractivity contribution in [2.24, 2.45) is 29.1 Å². The first kappa shape index (κ1) is 16.1. The Morgan fingerprint density at radius 3 is 2.87 bits per heavy atom. The van der Waals surface area contributed by atoms with Crippen LogP contribution in [0.1, 0.15) is 52.4 Å². The lowest BCUT2D eigenvalue weighted by molar-refractivity contribution is -0.115. The van der Waals surface area contributed by atoms with Crippen LogP contribution in [0.15, 0.2) is 22.8 Å². The maximum Gasteiger partial charge on any atom is 0.156 e. The van der Waals surface area contributed by atoms with E-state index in [2.05, 4.69) is 29.8 Å². The summed E-state index contributed by atoms with van der Waals surface area (Å²) in [6.45, 7) is 4.57. The maximum atomic E-state index is 11.8. The molecular weight excluding hydrogens is 352 g/mol. The van der Waals surface area contributed by atoms with Gasteiger partial charge in [-0.1, -0.05) is 28.4 Å². The number of ketones is 1. The molecule has 4 aliphatic rings. The third kappa shape index (κ3) is 2.26. The Kier molecular flexibility index (Phi) is 3.88. The molecule has 0 aromatic carbocycles. The van der Waals surface area contributed by atoms with Gasteiger partial charge >= 0.3 is 0 Å². The molecule has 2 nitrogen and oxygen atoms in total. The zero-order valence-corrected chi connectivity index (χ0v) is 15.7. The molecule has 3 heteroatoms. The Labute approximate surface area is 147 Å². The van der Waals surface area contributed by atoms with Gasteiger partial charge in [0.1, 0.15) is 0 Å². The molecule has 1 N–H and O–H groups in total. The Morgan fingerprint density at radius 1 is 1.35 bits per heavy atom. The van der Waals surface area contributed by atoms with Gasteiger partial charge in [-0.3, -0.25) is 4.79 Å². The minimum Gasteiger partial charge on any atom is -0.392 e. The smallest absolute Gasteiger partial charge is 0.156 e. The number of alkyl halides is 1. The minimum atomic E-state index is -0.168. The topological polar surface area (TPSA) is 37.3 Å². The van der Waals surface area contributed by atoms with Crippen LogP contribution in [0.5, 0.6) is 0 Å². The normalized spacial score (nSPS) is 46.2. The molecule has 2 fully saturated rings. The molecule has 0 aromatic heterocycles. The average Bonchev–Trinajstić information content (AvgIpc) is 2.80. The van der Waals surface area contributed by atoms with E-state index in [1.165, 1.54) is 17.6 Å². The molecule has 6 atom stereocenters. The molecule has 0 spiro atoms. The van der Waals surface area contributed by atoms with E-state index in [-0.39, 0.29) is 11.5 Å². The SMILES string of the molecule is CC1=C2CCC3(C)C(O)C(CBr)CC3C2CC2CCC(=O)C=C12. The number of aliphatic hydroxyl groups is 1. The van der Waals surface area contributed by atoms with E-state index in [0.29, 0.717) is 29.5 Å². The lowest BCUT2D eigenvalue weighted by atomic mass is 9.56. The summed E-state index contributed by atoms with van der Waals surface area (Å²) in [5, 5.41) is 11.8. The largest absolute Gasteiger partial charge is 0.392 e. The van der Waals surface area contributed by atoms with Crippen molar-refractivity contribution in [3.8, 4) is 0 Å². The van der Waals surface area contributed by atoms with E-state index in [0.717, 1.165) is 37.4 Å². The van der Waals surface area contributed by atoms with Crippen LogP contribution in [-0.2, 0) is 4.79 Å². The van der Waals surface area contributed by atoms with Crippen LogP contribution in [0.2, 0.25) is 0 Å². The Balaban J connectivity index is 1.74. The van der Waals surface area contributed by atoms with Gasteiger partial charge in [-0.05, 0) is 85.3 Å². The number of hydrogen-bond donors (Lipinski definition) is 1. The number of allylic oxidation sites excluding steroid dienone is 4. The summed E-state index contributed by atoms with van der Waals surface area (Å²) in [4.78, 5) is 11.8. The van der Waals surface area contributed by atoms with Gasteiger partial charge in [0, 0.05) is 11.8 Å². The van der Waals surface area contributed by atoms with Crippen molar-refractivity contribution in [3.63, 3.8) is 0 Å². The number of rotatable bonds is 1. The van der Waals surface area contributed by atoms with Crippen molar-refractivity contribution < 1.29 is 9.90 Å². The fourth-order valence-electron chi connectivity index (χ4n) is 6.18. The van der Waals surface area contributed by atoms with E-state index in [1.54, 1.807) is 5.57 Å². The Bertz CT molecular complexity index is 605. The van der Waals surface area contributed by atoms with Gasteiger partial charge in [0.15, 0.2) is 5.78 Å². The van der Waals surface area contributed by atoms with Crippen molar-refractivity contribution in [1.82, 2.24) is 0 Å². The number of fused-ring (bicyclic) bond motifs is 4. The van der Waals surface area contributed by atoms with Crippen LogP contribution in [0, 0.1) is 29.1 Å². The first-order valence-corrected chi connectivity index (χ1v) is 10.3. The number of halogens is 1. The second-order valence-corrected chi connectivity index (χ2v) is 9.15. The molecule has 2 saturated carbocycles. The molecule has 0 amide bonds. The number of aliphatic hydroxyl groups excluding tert-OH is 1. The predicted molar refractivity (Wildman–Crippen MR) is 95.4 cm³/mol. The number of carbonyl (C=O) groups is 1. The van der Waals surface area contributed by atoms with Gasteiger partial charge in [0.2, 0.25) is 0 Å². The van der Waals surface area contributed by atoms with Gasteiger partial charge < -0.3 is 5.11 Å². The summed E-state index contributed by atoms with van der Waals surface area (Å²) in [5.41, 5.74) is 4.44. The van der Waals surface area contributed by atoms with Gasteiger partial charge in [-0.2, -0.15) is 0 Å². The molecule has 0 heterocycles. The summed E-state index contributed by atoms with van der Waals surface area (Å²) < 4.78 is 0. The highest BCUT2D eigenvalue weighted by Crippen LogP contribution is 2.62. The quantitative estimate of drug-likeness (QED) is 0.685. The predicted octanol–water partition coefficient (Wildman–Crippen LogP) is 4.42. The van der Waals surface area contributed by atoms with Gasteiger partial charge in [-0.15, -0.1) is 0 Å². The molecular formula is C20H27BrO2. The molecule has 0 bridgehead atoms. The van der Waals surface area contributed by atoms with Crippen LogP contribution >= 0.6 is 15.9 Å². The molecule has 0 saturated heterocycles. The van der Waals surface area contributed by atoms with Crippen LogP contribution in [0.3, 0.4) is 0 Å². The van der Waals surface area contributed by atoms with Crippen molar-refractivity contribution in [3.05, 3.63) is 22.8 Å². The number of carbonyl (C=O) groups excluding carboxylic acids is 1. The first-order chi connectivity index (χ1) is 11.0. The maximum absolute atomic E-state index is 11.8. The molecule has 6 unspecified atom stereocenters. The van der Waals surface area contributed by atoms with Gasteiger partial charge in [-0.25, -0.2) is 0 Å². The molecule has 4 rings (SSSR count). The van der Waals surface area contributed by atoms with Crippen LogP contribution in [-0.4, -0.2) is 22.3 Å². The molecule has 23 heavy (non-hydrogen) atoms. The van der Waals surface area contributed by atoms with Crippen LogP contribution in [0.4, 0.5) is 0 Å². The minimum absolute atomic E-state index is 0.0819. The highest BCUT2D eigenvalue weighted by molar-refractivity contribution is 9.09. The van der Waals surface area contributed by atoms with Crippen LogP contribution in [0.25, 0.3) is 0 Å². The highest BCUT2D eigenvalue weighted by Gasteiger charge is 2.57. The Morgan fingerprint density at radius 2 is 2.13 bits per heavy atom. The summed E-state index contributed by atoms with van der Waals surface area (Å²) >= 11 is 3.62. The third-order valence-corrected chi connectivity index (χ3v) is 8.37. The van der Waals surface area contributed by atoms with Crippen molar-refractivity contribution in [1.29, 1.82) is 0 Å². The summed E-state index contributed by atoms with van der Waals surface area (Å²) in [5.74, 6) is 2.52. The summed E-state index contributed by atoms with van der Waals surface area (Å²) in [7, 11) is 0. The Hall–Kier alpha value is -0.410. The highest BCUT2D eigenvalue weighted by atomic mass is 79.9. The summed E-state index contributed by atoms with van der Waals surface area (Å²) in [6, 6.07) is 0. The lowest BCUT2D eigenvalue weighted by Crippen LogP contribution is -2.43. The molecule has 0 radical (unpaired) electrons. The second-order valence-electron chi connectivity index (χ2n) is 8.50. The molecule has 0 aromatic rings. The molecule has 4 aliphatic carbocycles. The van der Waals surface area contributed by atoms with E-state index in [9.17, 15) is 9.90 Å². The fourth-order valence-corrected chi connectivity index (χ4v) is 6.80. The number of hydrogen-bond acceptors (Lipinski definition) is 2. The lowest BCUT2D eigenvalue weighted by Gasteiger charge is -2.49. The third-order valence-electron chi connectivity index (χ3n) is 7.54. The zero-order chi connectivity index (χ0) is 16.4. The summed E-state index contributed by atoms with van der Waals surface area (Å²) in [6.07, 6.45) is 8.07. The average molecular weight is 379 g/mol.